The second kappa shape index (κ2) is 41.3. The van der Waals surface area contributed by atoms with Crippen molar-refractivity contribution in [1.29, 1.82) is 0 Å². The van der Waals surface area contributed by atoms with E-state index in [1.54, 1.807) is 0 Å². The van der Waals surface area contributed by atoms with E-state index in [4.69, 9.17) is 18.5 Å². The van der Waals surface area contributed by atoms with Crippen LogP contribution >= 0.6 is 7.82 Å². The second-order valence-corrected chi connectivity index (χ2v) is 17.6. The van der Waals surface area contributed by atoms with Gasteiger partial charge in [0, 0.05) is 12.8 Å². The molecule has 60 heavy (non-hydrogen) atoms. The average Bonchev–Trinajstić information content (AvgIpc) is 3.20. The summed E-state index contributed by atoms with van der Waals surface area (Å²) < 4.78 is 34.2. The number of unbranched alkanes of at least 4 members (excludes halogenated alkanes) is 14. The molecule has 0 aromatic heterocycles. The predicted octanol–water partition coefficient (Wildman–Crippen LogP) is 13.4. The van der Waals surface area contributed by atoms with Gasteiger partial charge in [-0.1, -0.05) is 182 Å². The van der Waals surface area contributed by atoms with Crippen LogP contribution in [0.4, 0.5) is 0 Å². The topological polar surface area (TPSA) is 108 Å². The van der Waals surface area contributed by atoms with Gasteiger partial charge in [0.25, 0.3) is 0 Å². The molecule has 0 bridgehead atoms. The van der Waals surface area contributed by atoms with Gasteiger partial charge >= 0.3 is 19.8 Å². The maximum Gasteiger partial charge on any atom is 0.472 e. The summed E-state index contributed by atoms with van der Waals surface area (Å²) in [4.78, 5) is 35.4. The molecule has 2 unspecified atom stereocenters. The molecule has 1 N–H and O–H groups in total. The van der Waals surface area contributed by atoms with Crippen molar-refractivity contribution in [2.45, 2.75) is 161 Å². The number of likely N-dealkylation sites (N-methyl/N-ethyl adjacent to an activating group) is 1. The quantitative estimate of drug-likeness (QED) is 0.0162. The molecule has 0 rings (SSSR count). The van der Waals surface area contributed by atoms with Crippen molar-refractivity contribution in [1.82, 2.24) is 0 Å². The molecule has 9 nitrogen and oxygen atoms in total. The summed E-state index contributed by atoms with van der Waals surface area (Å²) in [5.74, 6) is -0.894. The number of quaternary nitrogens is 1. The van der Waals surface area contributed by atoms with E-state index in [0.29, 0.717) is 23.9 Å². The molecule has 0 fully saturated rings. The van der Waals surface area contributed by atoms with E-state index in [9.17, 15) is 19.0 Å². The van der Waals surface area contributed by atoms with E-state index in [1.165, 1.54) is 70.6 Å². The molecule has 0 aliphatic heterocycles. The third kappa shape index (κ3) is 44.5. The highest BCUT2D eigenvalue weighted by Gasteiger charge is 2.27. The molecule has 10 heteroatoms. The molecular formula is C50H85NO8P+. The van der Waals surface area contributed by atoms with Crippen LogP contribution in [-0.4, -0.2) is 74.9 Å². The molecule has 0 aliphatic carbocycles. The van der Waals surface area contributed by atoms with Gasteiger partial charge in [-0.15, -0.1) is 0 Å². The number of carbonyl (C=O) groups excluding carboxylic acids is 2. The van der Waals surface area contributed by atoms with Gasteiger partial charge in [-0.2, -0.15) is 0 Å². The number of hydrogen-bond donors (Lipinski definition) is 1. The molecular weight excluding hydrogens is 774 g/mol. The molecule has 342 valence electrons. The van der Waals surface area contributed by atoms with Gasteiger partial charge in [-0.25, -0.2) is 4.57 Å². The fraction of sp³-hybridized carbons (Fsp3) is 0.640. The molecule has 0 heterocycles. The Kier molecular flexibility index (Phi) is 39.2. The zero-order valence-electron chi connectivity index (χ0n) is 38.4. The number of rotatable bonds is 40. The Morgan fingerprint density at radius 3 is 1.57 bits per heavy atom. The molecule has 0 saturated carbocycles. The Balaban J connectivity index is 4.31. The lowest BCUT2D eigenvalue weighted by Crippen LogP contribution is -2.37. The van der Waals surface area contributed by atoms with Crippen LogP contribution in [0.1, 0.15) is 155 Å². The first-order valence-corrected chi connectivity index (χ1v) is 24.5. The number of nitrogens with zero attached hydrogens (tertiary/aromatic N) is 1. The first kappa shape index (κ1) is 56.9. The monoisotopic (exact) mass is 859 g/mol. The Bertz CT molecular complexity index is 1340. The van der Waals surface area contributed by atoms with Crippen molar-refractivity contribution in [3.8, 4) is 0 Å². The summed E-state index contributed by atoms with van der Waals surface area (Å²) in [6.45, 7) is 4.06. The highest BCUT2D eigenvalue weighted by atomic mass is 31.2. The lowest BCUT2D eigenvalue weighted by atomic mass is 10.0. The maximum atomic E-state index is 12.6. The second-order valence-electron chi connectivity index (χ2n) is 16.1. The minimum Gasteiger partial charge on any atom is -0.462 e. The van der Waals surface area contributed by atoms with Crippen LogP contribution < -0.4 is 0 Å². The minimum atomic E-state index is -4.40. The zero-order chi connectivity index (χ0) is 44.3. The third-order valence-electron chi connectivity index (χ3n) is 9.24. The summed E-state index contributed by atoms with van der Waals surface area (Å²) in [6, 6.07) is 0. The van der Waals surface area contributed by atoms with Gasteiger partial charge in [0.15, 0.2) is 6.10 Å². The number of phosphoric acid groups is 1. The highest BCUT2D eigenvalue weighted by Crippen LogP contribution is 2.43. The van der Waals surface area contributed by atoms with Crippen LogP contribution in [0.5, 0.6) is 0 Å². The first-order chi connectivity index (χ1) is 29.0. The van der Waals surface area contributed by atoms with Gasteiger partial charge in [-0.3, -0.25) is 18.6 Å². The SMILES string of the molecule is CC/C=C/C=C/C=C/C=C/C=C/CCCC(=O)OC(COC(=O)CCCCCCCCCCCCCCC/C=C/C/C=C/C/C=C/CC)COP(=O)(O)OCC[N+](C)(C)C. The standard InChI is InChI=1S/C50H84NO8P/c1-6-8-10-12-14-16-18-20-21-22-23-24-25-26-27-28-29-31-32-34-36-38-40-42-49(52)56-46-48(47-58-60(54,55)57-45-44-51(3,4)5)59-50(53)43-41-39-37-35-33-30-19-17-15-13-11-9-7-2/h8-11,13-17,19-21,30,33,35,37,48H,6-7,12,18,22-29,31-32,34,36,38-47H2,1-5H3/p+1/b10-8+,11-9+,15-13+,16-14+,19-17+,21-20+,33-30+,37-35+. The van der Waals surface area contributed by atoms with Gasteiger partial charge < -0.3 is 18.9 Å². The van der Waals surface area contributed by atoms with Crippen LogP contribution in [-0.2, 0) is 32.7 Å². The Morgan fingerprint density at radius 1 is 0.533 bits per heavy atom. The van der Waals surface area contributed by atoms with E-state index in [1.807, 2.05) is 75.8 Å². The maximum absolute atomic E-state index is 12.6. The number of ether oxygens (including phenoxy) is 2. The smallest absolute Gasteiger partial charge is 0.462 e. The number of carbonyl (C=O) groups is 2. The summed E-state index contributed by atoms with van der Waals surface area (Å²) >= 11 is 0. The number of hydrogen-bond acceptors (Lipinski definition) is 7. The summed E-state index contributed by atoms with van der Waals surface area (Å²) in [6.07, 6.45) is 54.8. The van der Waals surface area contributed by atoms with Gasteiger partial charge in [0.1, 0.15) is 19.8 Å². The zero-order valence-corrected chi connectivity index (χ0v) is 39.3. The molecule has 0 spiro atoms. The molecule has 0 radical (unpaired) electrons. The van der Waals surface area contributed by atoms with Crippen molar-refractivity contribution in [2.75, 3.05) is 47.5 Å². The van der Waals surface area contributed by atoms with Crippen LogP contribution in [0.3, 0.4) is 0 Å². The van der Waals surface area contributed by atoms with Crippen molar-refractivity contribution in [2.24, 2.45) is 0 Å². The van der Waals surface area contributed by atoms with Crippen molar-refractivity contribution < 1.29 is 42.1 Å². The van der Waals surface area contributed by atoms with Gasteiger partial charge in [-0.05, 0) is 57.8 Å². The first-order valence-electron chi connectivity index (χ1n) is 23.0. The Labute approximate surface area is 366 Å². The van der Waals surface area contributed by atoms with Crippen LogP contribution in [0, 0.1) is 0 Å². The lowest BCUT2D eigenvalue weighted by molar-refractivity contribution is -0.870. The Morgan fingerprint density at radius 2 is 1.00 bits per heavy atom. The fourth-order valence-electron chi connectivity index (χ4n) is 5.70. The van der Waals surface area contributed by atoms with E-state index in [-0.39, 0.29) is 26.1 Å². The summed E-state index contributed by atoms with van der Waals surface area (Å²) in [7, 11) is 1.41. The Hall–Kier alpha value is -3.07. The fourth-order valence-corrected chi connectivity index (χ4v) is 6.45. The van der Waals surface area contributed by atoms with Crippen LogP contribution in [0.25, 0.3) is 0 Å². The van der Waals surface area contributed by atoms with Crippen LogP contribution in [0.15, 0.2) is 97.2 Å². The average molecular weight is 859 g/mol. The molecule has 0 amide bonds. The normalized spacial score (nSPS) is 14.4. The molecule has 2 atom stereocenters. The summed E-state index contributed by atoms with van der Waals surface area (Å²) in [5.41, 5.74) is 0. The minimum absolute atomic E-state index is 0.0131. The molecule has 0 aromatic carbocycles. The number of esters is 2. The van der Waals surface area contributed by atoms with Gasteiger partial charge in [0.2, 0.25) is 0 Å². The third-order valence-corrected chi connectivity index (χ3v) is 10.2. The van der Waals surface area contributed by atoms with Crippen LogP contribution in [0.2, 0.25) is 0 Å². The molecule has 0 aromatic rings. The number of phosphoric ester groups is 1. The lowest BCUT2D eigenvalue weighted by Gasteiger charge is -2.24. The van der Waals surface area contributed by atoms with E-state index in [2.05, 4.69) is 56.4 Å². The predicted molar refractivity (Wildman–Crippen MR) is 252 cm³/mol. The van der Waals surface area contributed by atoms with E-state index < -0.39 is 32.5 Å². The van der Waals surface area contributed by atoms with E-state index in [0.717, 1.165) is 44.9 Å². The van der Waals surface area contributed by atoms with Crippen molar-refractivity contribution in [3.05, 3.63) is 97.2 Å². The van der Waals surface area contributed by atoms with Gasteiger partial charge in [0.05, 0.1) is 27.7 Å². The summed E-state index contributed by atoms with van der Waals surface area (Å²) in [5, 5.41) is 0. The van der Waals surface area contributed by atoms with E-state index >= 15 is 0 Å². The number of allylic oxidation sites excluding steroid dienone is 16. The van der Waals surface area contributed by atoms with Crippen molar-refractivity contribution >= 4 is 19.8 Å². The van der Waals surface area contributed by atoms with Crippen molar-refractivity contribution in [3.63, 3.8) is 0 Å². The largest absolute Gasteiger partial charge is 0.472 e. The molecule has 0 aliphatic rings. The highest BCUT2D eigenvalue weighted by molar-refractivity contribution is 7.47. The molecule has 0 saturated heterocycles.